The minimum atomic E-state index is 0.415. The van der Waals surface area contributed by atoms with Crippen LogP contribution in [0.1, 0.15) is 48.6 Å². The van der Waals surface area contributed by atoms with Crippen LogP contribution < -0.4 is 5.32 Å². The normalized spacial score (nSPS) is 17.4. The fourth-order valence-corrected chi connectivity index (χ4v) is 2.85. The molecular formula is C17H21N3. The van der Waals surface area contributed by atoms with Crippen molar-refractivity contribution < 1.29 is 0 Å². The van der Waals surface area contributed by atoms with E-state index in [1.165, 1.54) is 22.4 Å². The molecule has 1 atom stereocenters. The van der Waals surface area contributed by atoms with E-state index in [1.807, 2.05) is 24.7 Å². The van der Waals surface area contributed by atoms with Gasteiger partial charge >= 0.3 is 0 Å². The van der Waals surface area contributed by atoms with Gasteiger partial charge in [0.25, 0.3) is 0 Å². The number of rotatable bonds is 4. The lowest BCUT2D eigenvalue weighted by Crippen LogP contribution is -2.22. The molecule has 0 radical (unpaired) electrons. The van der Waals surface area contributed by atoms with Crippen molar-refractivity contribution in [2.24, 2.45) is 0 Å². The number of hydrogen-bond acceptors (Lipinski definition) is 3. The minimum absolute atomic E-state index is 0.415. The zero-order chi connectivity index (χ0) is 13.9. The number of fused-ring (bicyclic) bond motifs is 1. The lowest BCUT2D eigenvalue weighted by molar-refractivity contribution is 0.587. The van der Waals surface area contributed by atoms with Crippen molar-refractivity contribution in [2.45, 2.75) is 45.2 Å². The predicted octanol–water partition coefficient (Wildman–Crippen LogP) is 3.05. The molecule has 0 saturated carbocycles. The number of hydrogen-bond donors (Lipinski definition) is 1. The molecule has 1 unspecified atom stereocenters. The van der Waals surface area contributed by atoms with E-state index in [0.29, 0.717) is 12.0 Å². The predicted molar refractivity (Wildman–Crippen MR) is 80.6 cm³/mol. The Labute approximate surface area is 120 Å². The van der Waals surface area contributed by atoms with Gasteiger partial charge in [-0.15, -0.1) is 0 Å². The molecule has 1 aliphatic rings. The molecule has 0 spiro atoms. The summed E-state index contributed by atoms with van der Waals surface area (Å²) in [6.45, 7) is 5.20. The van der Waals surface area contributed by atoms with Crippen LogP contribution in [0.15, 0.2) is 36.8 Å². The second kappa shape index (κ2) is 5.71. The van der Waals surface area contributed by atoms with Crippen LogP contribution in [0.2, 0.25) is 0 Å². The molecule has 0 aliphatic heterocycles. The summed E-state index contributed by atoms with van der Waals surface area (Å²) < 4.78 is 0. The Kier molecular flexibility index (Phi) is 3.79. The second-order valence-corrected chi connectivity index (χ2v) is 5.80. The van der Waals surface area contributed by atoms with Gasteiger partial charge in [0.15, 0.2) is 0 Å². The average molecular weight is 267 g/mol. The van der Waals surface area contributed by atoms with E-state index >= 15 is 0 Å². The van der Waals surface area contributed by atoms with Crippen LogP contribution in [0.4, 0.5) is 0 Å². The zero-order valence-electron chi connectivity index (χ0n) is 12.1. The largest absolute Gasteiger partial charge is 0.310 e. The van der Waals surface area contributed by atoms with Crippen molar-refractivity contribution in [3.63, 3.8) is 0 Å². The highest BCUT2D eigenvalue weighted by molar-refractivity contribution is 5.37. The molecule has 0 amide bonds. The van der Waals surface area contributed by atoms with Crippen molar-refractivity contribution in [1.82, 2.24) is 15.3 Å². The molecule has 0 aromatic carbocycles. The molecule has 0 bridgehead atoms. The van der Waals surface area contributed by atoms with Gasteiger partial charge in [-0.05, 0) is 35.6 Å². The highest BCUT2D eigenvalue weighted by Gasteiger charge is 2.25. The number of nitrogens with zero attached hydrogens (tertiary/aromatic N) is 2. The molecule has 0 saturated heterocycles. The summed E-state index contributed by atoms with van der Waals surface area (Å²) >= 11 is 0. The topological polar surface area (TPSA) is 37.8 Å². The molecule has 104 valence electrons. The average Bonchev–Trinajstić information content (AvgIpc) is 2.89. The van der Waals surface area contributed by atoms with Crippen LogP contribution in [0.25, 0.3) is 0 Å². The van der Waals surface area contributed by atoms with Gasteiger partial charge in [0.2, 0.25) is 0 Å². The molecule has 3 rings (SSSR count). The van der Waals surface area contributed by atoms with Crippen LogP contribution in [0.3, 0.4) is 0 Å². The van der Waals surface area contributed by atoms with E-state index in [2.05, 4.69) is 41.3 Å². The Hall–Kier alpha value is -1.74. The summed E-state index contributed by atoms with van der Waals surface area (Å²) in [5, 5.41) is 3.44. The molecule has 2 aromatic heterocycles. The van der Waals surface area contributed by atoms with Gasteiger partial charge in [-0.3, -0.25) is 9.97 Å². The third-order valence-electron chi connectivity index (χ3n) is 3.89. The lowest BCUT2D eigenvalue weighted by Gasteiger charge is -2.13. The van der Waals surface area contributed by atoms with Gasteiger partial charge < -0.3 is 5.32 Å². The number of pyridine rings is 2. The van der Waals surface area contributed by atoms with E-state index < -0.39 is 0 Å². The highest BCUT2D eigenvalue weighted by atomic mass is 14.9. The smallest absolute Gasteiger partial charge is 0.0510 e. The summed E-state index contributed by atoms with van der Waals surface area (Å²) in [6.07, 6.45) is 8.12. The van der Waals surface area contributed by atoms with Crippen molar-refractivity contribution >= 4 is 0 Å². The number of nitrogens with one attached hydrogen (secondary N) is 1. The Bertz CT molecular complexity index is 592. The first-order chi connectivity index (χ1) is 9.74. The fourth-order valence-electron chi connectivity index (χ4n) is 2.85. The third-order valence-corrected chi connectivity index (χ3v) is 3.89. The van der Waals surface area contributed by atoms with Gasteiger partial charge in [-0.1, -0.05) is 26.0 Å². The van der Waals surface area contributed by atoms with E-state index in [9.17, 15) is 0 Å². The maximum atomic E-state index is 4.58. The molecule has 1 aliphatic carbocycles. The first-order valence-electron chi connectivity index (χ1n) is 7.35. The summed E-state index contributed by atoms with van der Waals surface area (Å²) in [5.74, 6) is 0.415. The van der Waals surface area contributed by atoms with Crippen LogP contribution in [0, 0.1) is 0 Å². The molecule has 3 nitrogen and oxygen atoms in total. The number of aromatic nitrogens is 2. The molecule has 0 fully saturated rings. The third kappa shape index (κ3) is 2.73. The summed E-state index contributed by atoms with van der Waals surface area (Å²) in [5.41, 5.74) is 5.18. The molecule has 2 heterocycles. The molecule has 20 heavy (non-hydrogen) atoms. The quantitative estimate of drug-likeness (QED) is 0.925. The first kappa shape index (κ1) is 13.3. The zero-order valence-corrected chi connectivity index (χ0v) is 12.1. The summed E-state index contributed by atoms with van der Waals surface area (Å²) in [4.78, 5) is 8.99. The van der Waals surface area contributed by atoms with Crippen molar-refractivity contribution in [3.05, 3.63) is 59.2 Å². The van der Waals surface area contributed by atoms with Gasteiger partial charge in [0.1, 0.15) is 0 Å². The summed E-state index contributed by atoms with van der Waals surface area (Å²) in [7, 11) is 0. The van der Waals surface area contributed by atoms with E-state index in [1.54, 1.807) is 0 Å². The Balaban J connectivity index is 1.83. The van der Waals surface area contributed by atoms with Gasteiger partial charge in [0.05, 0.1) is 5.69 Å². The molecule has 1 N–H and O–H groups in total. The highest BCUT2D eigenvalue weighted by Crippen LogP contribution is 2.36. The van der Waals surface area contributed by atoms with Gasteiger partial charge in [-0.25, -0.2) is 0 Å². The Morgan fingerprint density at radius 1 is 1.35 bits per heavy atom. The van der Waals surface area contributed by atoms with Crippen LogP contribution in [-0.2, 0) is 13.0 Å². The van der Waals surface area contributed by atoms with Crippen LogP contribution in [-0.4, -0.2) is 16.0 Å². The number of aryl methyl sites for hydroxylation is 1. The SMILES string of the molecule is CC(C)NCc1cncc(C2CCc3cccnc32)c1. The van der Waals surface area contributed by atoms with E-state index in [-0.39, 0.29) is 0 Å². The molecule has 3 heteroatoms. The van der Waals surface area contributed by atoms with E-state index in [0.717, 1.165) is 19.4 Å². The standard InChI is InChI=1S/C17H21N3/c1-12(2)20-10-13-8-15(11-18-9-13)16-6-5-14-4-3-7-19-17(14)16/h3-4,7-9,11-12,16,20H,5-6,10H2,1-2H3. The molecule has 2 aromatic rings. The van der Waals surface area contributed by atoms with Crippen LogP contribution in [0.5, 0.6) is 0 Å². The molecular weight excluding hydrogens is 246 g/mol. The van der Waals surface area contributed by atoms with Crippen molar-refractivity contribution in [1.29, 1.82) is 0 Å². The first-order valence-corrected chi connectivity index (χ1v) is 7.35. The van der Waals surface area contributed by atoms with Gasteiger partial charge in [-0.2, -0.15) is 0 Å². The van der Waals surface area contributed by atoms with Crippen molar-refractivity contribution in [2.75, 3.05) is 0 Å². The van der Waals surface area contributed by atoms with Crippen molar-refractivity contribution in [3.8, 4) is 0 Å². The fraction of sp³-hybridized carbons (Fsp3) is 0.412. The van der Waals surface area contributed by atoms with Gasteiger partial charge in [0, 0.05) is 37.1 Å². The summed E-state index contributed by atoms with van der Waals surface area (Å²) in [6, 6.07) is 6.99. The monoisotopic (exact) mass is 267 g/mol. The Morgan fingerprint density at radius 2 is 2.25 bits per heavy atom. The maximum Gasteiger partial charge on any atom is 0.0510 e. The van der Waals surface area contributed by atoms with Crippen LogP contribution >= 0.6 is 0 Å². The second-order valence-electron chi connectivity index (χ2n) is 5.80. The minimum Gasteiger partial charge on any atom is -0.310 e. The van der Waals surface area contributed by atoms with E-state index in [4.69, 9.17) is 0 Å². The lowest BCUT2D eigenvalue weighted by atomic mass is 9.97. The Morgan fingerprint density at radius 3 is 3.10 bits per heavy atom. The maximum absolute atomic E-state index is 4.58.